The minimum atomic E-state index is -0.790. The van der Waals surface area contributed by atoms with Gasteiger partial charge in [-0.2, -0.15) is 0 Å². The summed E-state index contributed by atoms with van der Waals surface area (Å²) in [5.41, 5.74) is 5.74. The molecule has 18 heavy (non-hydrogen) atoms. The van der Waals surface area contributed by atoms with E-state index in [-0.39, 0.29) is 0 Å². The Morgan fingerprint density at radius 2 is 1.83 bits per heavy atom. The van der Waals surface area contributed by atoms with Crippen LogP contribution in [0.1, 0.15) is 24.3 Å². The Hall–Kier alpha value is -2.17. The molecule has 0 fully saturated rings. The van der Waals surface area contributed by atoms with Gasteiger partial charge in [-0.15, -0.1) is 0 Å². The molecule has 0 saturated heterocycles. The summed E-state index contributed by atoms with van der Waals surface area (Å²) < 4.78 is 0. The third-order valence-corrected chi connectivity index (χ3v) is 2.55. The summed E-state index contributed by atoms with van der Waals surface area (Å²) in [6.45, 7) is 0. The van der Waals surface area contributed by atoms with Gasteiger partial charge in [0.1, 0.15) is 0 Å². The number of amides is 2. The molecular formula is C13H14N2O3. The van der Waals surface area contributed by atoms with Crippen LogP contribution in [0.3, 0.4) is 0 Å². The lowest BCUT2D eigenvalue weighted by Gasteiger charge is -2.13. The number of nitrogens with one attached hydrogen (secondary N) is 1. The molecule has 2 radical (unpaired) electrons. The molecule has 1 rings (SSSR count). The first-order valence-electron chi connectivity index (χ1n) is 5.53. The Kier molecular flexibility index (Phi) is 5.57. The van der Waals surface area contributed by atoms with Gasteiger partial charge in [0.05, 0.1) is 12.0 Å². The van der Waals surface area contributed by atoms with Gasteiger partial charge in [-0.1, -0.05) is 30.3 Å². The zero-order chi connectivity index (χ0) is 13.4. The van der Waals surface area contributed by atoms with Gasteiger partial charge >= 0.3 is 6.03 Å². The van der Waals surface area contributed by atoms with E-state index in [4.69, 9.17) is 5.73 Å². The van der Waals surface area contributed by atoms with Crippen molar-refractivity contribution in [3.05, 3.63) is 35.9 Å². The lowest BCUT2D eigenvalue weighted by molar-refractivity contribution is 0.246. The molecule has 0 aliphatic rings. The number of primary amides is 1. The van der Waals surface area contributed by atoms with Gasteiger partial charge in [0.2, 0.25) is 12.6 Å². The van der Waals surface area contributed by atoms with E-state index >= 15 is 0 Å². The van der Waals surface area contributed by atoms with Gasteiger partial charge in [-0.3, -0.25) is 9.59 Å². The molecule has 0 saturated carbocycles. The highest BCUT2D eigenvalue weighted by Gasteiger charge is 2.16. The molecule has 3 N–H and O–H groups in total. The first-order chi connectivity index (χ1) is 8.67. The molecule has 2 unspecified atom stereocenters. The van der Waals surface area contributed by atoms with E-state index in [1.807, 2.05) is 36.6 Å². The maximum atomic E-state index is 10.9. The van der Waals surface area contributed by atoms with Crippen LogP contribution in [-0.4, -0.2) is 24.6 Å². The average Bonchev–Trinajstić information content (AvgIpc) is 2.39. The third kappa shape index (κ3) is 4.37. The van der Waals surface area contributed by atoms with Crippen molar-refractivity contribution in [2.75, 3.05) is 0 Å². The predicted molar refractivity (Wildman–Crippen MR) is 66.3 cm³/mol. The van der Waals surface area contributed by atoms with E-state index in [1.165, 1.54) is 0 Å². The number of carbonyl (C=O) groups is 1. The van der Waals surface area contributed by atoms with Gasteiger partial charge in [0, 0.05) is 0 Å². The van der Waals surface area contributed by atoms with Crippen LogP contribution >= 0.6 is 0 Å². The highest BCUT2D eigenvalue weighted by molar-refractivity contribution is 5.76. The number of nitrogens with two attached hydrogens (primary N) is 1. The zero-order valence-corrected chi connectivity index (χ0v) is 9.76. The zero-order valence-electron chi connectivity index (χ0n) is 9.76. The smallest absolute Gasteiger partial charge is 0.312 e. The van der Waals surface area contributed by atoms with Crippen LogP contribution in [0.2, 0.25) is 0 Å². The topological polar surface area (TPSA) is 89.3 Å². The van der Waals surface area contributed by atoms with Gasteiger partial charge < -0.3 is 11.1 Å². The lowest BCUT2D eigenvalue weighted by Crippen LogP contribution is -2.39. The molecule has 0 aliphatic heterocycles. The van der Waals surface area contributed by atoms with Crippen molar-refractivity contribution in [2.45, 2.75) is 24.8 Å². The summed E-state index contributed by atoms with van der Waals surface area (Å²) in [5, 5.41) is 2.25. The van der Waals surface area contributed by atoms with Gasteiger partial charge in [-0.25, -0.2) is 4.79 Å². The van der Waals surface area contributed by atoms with Crippen LogP contribution in [0.25, 0.3) is 0 Å². The molecule has 0 aromatic heterocycles. The average molecular weight is 246 g/mol. The number of hydrogen-bond acceptors (Lipinski definition) is 3. The van der Waals surface area contributed by atoms with Crippen LogP contribution in [0, 0.1) is 0 Å². The quantitative estimate of drug-likeness (QED) is 0.746. The summed E-state index contributed by atoms with van der Waals surface area (Å²) in [6.07, 6.45) is 4.29. The fraction of sp³-hybridized carbons (Fsp3) is 0.308. The Morgan fingerprint density at radius 1 is 1.17 bits per heavy atom. The first kappa shape index (κ1) is 13.9. The van der Waals surface area contributed by atoms with Crippen molar-refractivity contribution in [3.8, 4) is 0 Å². The van der Waals surface area contributed by atoms with Gasteiger partial charge in [0.25, 0.3) is 0 Å². The molecule has 0 aliphatic carbocycles. The monoisotopic (exact) mass is 246 g/mol. The summed E-state index contributed by atoms with van der Waals surface area (Å²) in [5.74, 6) is -0.420. The molecule has 1 aromatic rings. The van der Waals surface area contributed by atoms with Crippen LogP contribution in [0.4, 0.5) is 4.79 Å². The molecule has 0 bridgehead atoms. The number of benzene rings is 1. The molecule has 5 nitrogen and oxygen atoms in total. The molecule has 2 amide bonds. The van der Waals surface area contributed by atoms with Gasteiger partial charge in [0.15, 0.2) is 0 Å². The van der Waals surface area contributed by atoms with Crippen molar-refractivity contribution in [1.29, 1.82) is 0 Å². The number of urea groups is 1. The fourth-order valence-electron chi connectivity index (χ4n) is 1.64. The molecule has 1 aromatic carbocycles. The highest BCUT2D eigenvalue weighted by Crippen LogP contribution is 2.19. The summed E-state index contributed by atoms with van der Waals surface area (Å²) in [6, 6.07) is 7.56. The lowest BCUT2D eigenvalue weighted by atomic mass is 9.94. The van der Waals surface area contributed by atoms with Crippen molar-refractivity contribution in [2.24, 2.45) is 5.73 Å². The number of rotatable bonds is 7. The first-order valence-corrected chi connectivity index (χ1v) is 5.53. The third-order valence-electron chi connectivity index (χ3n) is 2.55. The van der Waals surface area contributed by atoms with Crippen molar-refractivity contribution in [1.82, 2.24) is 5.32 Å². The predicted octanol–water partition coefficient (Wildman–Crippen LogP) is 0.807. The standard InChI is InChI=1S/C13H14N2O3/c14-13(18)15-12(9-17)7-6-11(8-16)10-4-2-1-3-5-10/h1-5,11-12H,6-7H2,(H3,14,15,18). The second kappa shape index (κ2) is 7.21. The van der Waals surface area contributed by atoms with Crippen molar-refractivity contribution < 1.29 is 14.4 Å². The van der Waals surface area contributed by atoms with Crippen LogP contribution in [0.15, 0.2) is 30.3 Å². The Morgan fingerprint density at radius 3 is 2.33 bits per heavy atom. The van der Waals surface area contributed by atoms with Gasteiger partial charge in [-0.05, 0) is 18.4 Å². The van der Waals surface area contributed by atoms with E-state index in [9.17, 15) is 14.4 Å². The summed E-state index contributed by atoms with van der Waals surface area (Å²) in [4.78, 5) is 32.1. The normalized spacial score (nSPS) is 13.3. The molecule has 94 valence electrons. The Balaban J connectivity index is 2.56. The number of carbonyl (C=O) groups excluding carboxylic acids is 3. The SMILES string of the molecule is NC(=O)NC([C]=O)CCC([C]=O)c1ccccc1. The summed E-state index contributed by atoms with van der Waals surface area (Å²) in [7, 11) is 0. The molecule has 0 heterocycles. The van der Waals surface area contributed by atoms with E-state index in [2.05, 4.69) is 5.32 Å². The molecular weight excluding hydrogens is 232 g/mol. The molecule has 5 heteroatoms. The maximum absolute atomic E-state index is 10.9. The van der Waals surface area contributed by atoms with Crippen molar-refractivity contribution >= 4 is 18.6 Å². The fourth-order valence-corrected chi connectivity index (χ4v) is 1.64. The van der Waals surface area contributed by atoms with E-state index in [0.717, 1.165) is 5.56 Å². The van der Waals surface area contributed by atoms with E-state index < -0.39 is 18.0 Å². The largest absolute Gasteiger partial charge is 0.352 e. The maximum Gasteiger partial charge on any atom is 0.312 e. The minimum Gasteiger partial charge on any atom is -0.352 e. The van der Waals surface area contributed by atoms with E-state index in [0.29, 0.717) is 12.8 Å². The van der Waals surface area contributed by atoms with Crippen LogP contribution < -0.4 is 11.1 Å². The molecule has 0 spiro atoms. The second-order valence-corrected chi connectivity index (χ2v) is 3.84. The minimum absolute atomic E-state index is 0.293. The van der Waals surface area contributed by atoms with Crippen molar-refractivity contribution in [3.63, 3.8) is 0 Å². The Labute approximate surface area is 105 Å². The highest BCUT2D eigenvalue weighted by atomic mass is 16.2. The summed E-state index contributed by atoms with van der Waals surface area (Å²) >= 11 is 0. The Bertz CT molecular complexity index is 406. The van der Waals surface area contributed by atoms with Crippen LogP contribution in [0.5, 0.6) is 0 Å². The second-order valence-electron chi connectivity index (χ2n) is 3.84. The van der Waals surface area contributed by atoms with E-state index in [1.54, 1.807) is 6.29 Å². The van der Waals surface area contributed by atoms with Crippen LogP contribution in [-0.2, 0) is 9.59 Å². The number of hydrogen-bond donors (Lipinski definition) is 2. The molecule has 2 atom stereocenters.